The Kier molecular flexibility index (Phi) is 3.84. The predicted molar refractivity (Wildman–Crippen MR) is 76.5 cm³/mol. The molecule has 2 N–H and O–H groups in total. The largest absolute Gasteiger partial charge is 0.392 e. The molecule has 0 radical (unpaired) electrons. The number of aliphatic hydroxyl groups excluding tert-OH is 1. The molecule has 0 amide bonds. The molecule has 110 valence electrons. The van der Waals surface area contributed by atoms with Crippen molar-refractivity contribution >= 4 is 10.0 Å². The second-order valence-corrected chi connectivity index (χ2v) is 7.69. The molecule has 2 saturated carbocycles. The molecule has 5 heteroatoms. The van der Waals surface area contributed by atoms with Gasteiger partial charge in [-0.15, -0.1) is 0 Å². The summed E-state index contributed by atoms with van der Waals surface area (Å²) in [6, 6.07) is 6.62. The summed E-state index contributed by atoms with van der Waals surface area (Å²) >= 11 is 0. The third kappa shape index (κ3) is 3.05. The van der Waals surface area contributed by atoms with Crippen molar-refractivity contribution < 1.29 is 13.5 Å². The van der Waals surface area contributed by atoms with Gasteiger partial charge >= 0.3 is 0 Å². The summed E-state index contributed by atoms with van der Waals surface area (Å²) in [7, 11) is -3.52. The molecule has 0 spiro atoms. The van der Waals surface area contributed by atoms with E-state index >= 15 is 0 Å². The van der Waals surface area contributed by atoms with Crippen molar-refractivity contribution in [3.63, 3.8) is 0 Å². The quantitative estimate of drug-likeness (QED) is 0.807. The topological polar surface area (TPSA) is 66.4 Å². The molecule has 0 aliphatic heterocycles. The fourth-order valence-electron chi connectivity index (χ4n) is 2.95. The average molecular weight is 295 g/mol. The van der Waals surface area contributed by atoms with Crippen LogP contribution in [-0.2, 0) is 16.6 Å². The zero-order valence-corrected chi connectivity index (χ0v) is 12.3. The zero-order chi connectivity index (χ0) is 14.2. The van der Waals surface area contributed by atoms with Gasteiger partial charge in [-0.3, -0.25) is 0 Å². The first-order chi connectivity index (χ1) is 9.62. The van der Waals surface area contributed by atoms with Crippen molar-refractivity contribution in [2.45, 2.75) is 37.2 Å². The summed E-state index contributed by atoms with van der Waals surface area (Å²) in [5.41, 5.74) is 0.453. The summed E-state index contributed by atoms with van der Waals surface area (Å²) in [5, 5.41) is 9.26. The number of sulfonamides is 1. The van der Waals surface area contributed by atoms with Gasteiger partial charge in [0.25, 0.3) is 0 Å². The summed E-state index contributed by atoms with van der Waals surface area (Å²) in [5.74, 6) is 1.95. The summed E-state index contributed by atoms with van der Waals surface area (Å²) in [4.78, 5) is 0.202. The first-order valence-corrected chi connectivity index (χ1v) is 8.78. The minimum Gasteiger partial charge on any atom is -0.392 e. The molecule has 0 bridgehead atoms. The van der Waals surface area contributed by atoms with Crippen LogP contribution < -0.4 is 4.72 Å². The molecule has 2 aliphatic rings. The second kappa shape index (κ2) is 5.47. The van der Waals surface area contributed by atoms with Crippen LogP contribution in [0.5, 0.6) is 0 Å². The normalized spacial score (nSPS) is 19.5. The van der Waals surface area contributed by atoms with Crippen molar-refractivity contribution in [1.82, 2.24) is 4.72 Å². The highest BCUT2D eigenvalue weighted by atomic mass is 32.2. The lowest BCUT2D eigenvalue weighted by molar-refractivity contribution is 0.278. The molecule has 1 aromatic rings. The SMILES string of the molecule is O=S(=O)(NCC(C1CC1)C1CC1)c1ccccc1CO. The smallest absolute Gasteiger partial charge is 0.240 e. The monoisotopic (exact) mass is 295 g/mol. The van der Waals surface area contributed by atoms with Crippen molar-refractivity contribution in [2.24, 2.45) is 17.8 Å². The van der Waals surface area contributed by atoms with E-state index in [0.29, 0.717) is 18.0 Å². The molecule has 2 aliphatic carbocycles. The molecule has 0 unspecified atom stereocenters. The Balaban J connectivity index is 1.71. The van der Waals surface area contributed by atoms with Crippen LogP contribution in [0.3, 0.4) is 0 Å². The Morgan fingerprint density at radius 1 is 1.15 bits per heavy atom. The minimum atomic E-state index is -3.52. The van der Waals surface area contributed by atoms with E-state index < -0.39 is 10.0 Å². The van der Waals surface area contributed by atoms with E-state index in [2.05, 4.69) is 4.72 Å². The number of hydrogen-bond acceptors (Lipinski definition) is 3. The van der Waals surface area contributed by atoms with E-state index in [1.807, 2.05) is 0 Å². The molecule has 20 heavy (non-hydrogen) atoms. The highest BCUT2D eigenvalue weighted by molar-refractivity contribution is 7.89. The van der Waals surface area contributed by atoms with Gasteiger partial charge in [0, 0.05) is 6.54 Å². The van der Waals surface area contributed by atoms with Crippen LogP contribution in [0.1, 0.15) is 31.2 Å². The van der Waals surface area contributed by atoms with Crippen LogP contribution in [0.2, 0.25) is 0 Å². The molecule has 0 saturated heterocycles. The highest BCUT2D eigenvalue weighted by Crippen LogP contribution is 2.48. The maximum absolute atomic E-state index is 12.4. The molecular formula is C15H21NO3S. The molecule has 0 atom stereocenters. The van der Waals surface area contributed by atoms with Crippen LogP contribution >= 0.6 is 0 Å². The van der Waals surface area contributed by atoms with E-state index in [0.717, 1.165) is 11.8 Å². The molecule has 3 rings (SSSR count). The van der Waals surface area contributed by atoms with E-state index in [-0.39, 0.29) is 11.5 Å². The van der Waals surface area contributed by atoms with Crippen LogP contribution in [0.4, 0.5) is 0 Å². The van der Waals surface area contributed by atoms with E-state index in [1.54, 1.807) is 24.3 Å². The standard InChI is InChI=1S/C15H21NO3S/c17-10-13-3-1-2-4-15(13)20(18,19)16-9-14(11-5-6-11)12-7-8-12/h1-4,11-12,14,16-17H,5-10H2. The second-order valence-electron chi connectivity index (χ2n) is 5.96. The van der Waals surface area contributed by atoms with Gasteiger partial charge in [-0.2, -0.15) is 0 Å². The Hall–Kier alpha value is -0.910. The average Bonchev–Trinajstić information content (AvgIpc) is 3.32. The Morgan fingerprint density at radius 3 is 2.30 bits per heavy atom. The number of rotatable bonds is 7. The van der Waals surface area contributed by atoms with Gasteiger partial charge in [0.1, 0.15) is 0 Å². The molecule has 0 heterocycles. The minimum absolute atomic E-state index is 0.202. The Labute approximate surface area is 120 Å². The van der Waals surface area contributed by atoms with Crippen molar-refractivity contribution in [1.29, 1.82) is 0 Å². The maximum Gasteiger partial charge on any atom is 0.240 e. The number of nitrogens with one attached hydrogen (secondary N) is 1. The van der Waals surface area contributed by atoms with Crippen molar-refractivity contribution in [3.05, 3.63) is 29.8 Å². The van der Waals surface area contributed by atoms with Gasteiger partial charge in [0.2, 0.25) is 10.0 Å². The van der Waals surface area contributed by atoms with E-state index in [1.165, 1.54) is 25.7 Å². The fraction of sp³-hybridized carbons (Fsp3) is 0.600. The fourth-order valence-corrected chi connectivity index (χ4v) is 4.25. The first-order valence-electron chi connectivity index (χ1n) is 7.30. The first kappa shape index (κ1) is 14.0. The van der Waals surface area contributed by atoms with Crippen LogP contribution in [0.25, 0.3) is 0 Å². The van der Waals surface area contributed by atoms with Gasteiger partial charge in [0.05, 0.1) is 11.5 Å². The van der Waals surface area contributed by atoms with Gasteiger partial charge in [-0.25, -0.2) is 13.1 Å². The van der Waals surface area contributed by atoms with Gasteiger partial charge in [-0.05, 0) is 55.1 Å². The lowest BCUT2D eigenvalue weighted by Crippen LogP contribution is -2.31. The summed E-state index contributed by atoms with van der Waals surface area (Å²) in [6.07, 6.45) is 4.98. The summed E-state index contributed by atoms with van der Waals surface area (Å²) < 4.78 is 27.5. The molecule has 4 nitrogen and oxygen atoms in total. The van der Waals surface area contributed by atoms with Gasteiger partial charge in [0.15, 0.2) is 0 Å². The maximum atomic E-state index is 12.4. The Bertz CT molecular complexity index is 565. The molecule has 0 aromatic heterocycles. The van der Waals surface area contributed by atoms with Crippen LogP contribution in [-0.4, -0.2) is 20.1 Å². The van der Waals surface area contributed by atoms with Gasteiger partial charge < -0.3 is 5.11 Å². The van der Waals surface area contributed by atoms with Crippen molar-refractivity contribution in [3.8, 4) is 0 Å². The third-order valence-corrected chi connectivity index (χ3v) is 5.92. The summed E-state index contributed by atoms with van der Waals surface area (Å²) in [6.45, 7) is 0.281. The lowest BCUT2D eigenvalue weighted by Gasteiger charge is -2.17. The third-order valence-electron chi connectivity index (χ3n) is 4.40. The molecule has 2 fully saturated rings. The Morgan fingerprint density at radius 2 is 1.75 bits per heavy atom. The number of aliphatic hydroxyl groups is 1. The number of benzene rings is 1. The van der Waals surface area contributed by atoms with Crippen LogP contribution in [0.15, 0.2) is 29.2 Å². The lowest BCUT2D eigenvalue weighted by atomic mass is 9.99. The van der Waals surface area contributed by atoms with Crippen molar-refractivity contribution in [2.75, 3.05) is 6.54 Å². The highest BCUT2D eigenvalue weighted by Gasteiger charge is 2.41. The molecule has 1 aromatic carbocycles. The number of hydrogen-bond donors (Lipinski definition) is 2. The molecular weight excluding hydrogens is 274 g/mol. The van der Waals surface area contributed by atoms with E-state index in [9.17, 15) is 13.5 Å². The zero-order valence-electron chi connectivity index (χ0n) is 11.5. The van der Waals surface area contributed by atoms with Crippen LogP contribution in [0, 0.1) is 17.8 Å². The van der Waals surface area contributed by atoms with E-state index in [4.69, 9.17) is 0 Å². The predicted octanol–water partition coefficient (Wildman–Crippen LogP) is 1.89. The van der Waals surface area contributed by atoms with Gasteiger partial charge in [-0.1, -0.05) is 18.2 Å².